The molecule has 0 atom stereocenters. The fraction of sp³-hybridized carbons (Fsp3) is 0. The Morgan fingerprint density at radius 3 is 1.48 bits per heavy atom. The molecule has 3 nitrogen and oxygen atoms in total. The largest absolute Gasteiger partial charge is 0.309 e. The summed E-state index contributed by atoms with van der Waals surface area (Å²) in [6, 6.07) is 60.1. The molecular weight excluding hydrogens is 558 g/mol. The quantitative estimate of drug-likeness (QED) is 0.202. The molecule has 46 heavy (non-hydrogen) atoms. The van der Waals surface area contributed by atoms with Crippen molar-refractivity contribution in [3.05, 3.63) is 169 Å². The molecule has 0 N–H and O–H groups in total. The number of fused-ring (bicyclic) bond motifs is 6. The highest BCUT2D eigenvalue weighted by atomic mass is 15.0. The van der Waals surface area contributed by atoms with Crippen LogP contribution in [0.4, 0.5) is 0 Å². The first-order chi connectivity index (χ1) is 22.8. The van der Waals surface area contributed by atoms with Crippen LogP contribution in [0.25, 0.3) is 77.2 Å². The first kappa shape index (κ1) is 26.1. The minimum Gasteiger partial charge on any atom is -0.309 e. The second-order valence-corrected chi connectivity index (χ2v) is 11.7. The fourth-order valence-corrected chi connectivity index (χ4v) is 7.13. The third-order valence-corrected chi connectivity index (χ3v) is 9.12. The summed E-state index contributed by atoms with van der Waals surface area (Å²) in [5, 5.41) is 15.1. The zero-order valence-corrected chi connectivity index (χ0v) is 24.9. The van der Waals surface area contributed by atoms with Gasteiger partial charge in [0, 0.05) is 32.8 Å². The molecule has 0 fully saturated rings. The molecule has 0 spiro atoms. The molecular formula is C43H27N3. The van der Waals surface area contributed by atoms with Crippen LogP contribution in [-0.4, -0.2) is 9.13 Å². The lowest BCUT2D eigenvalue weighted by molar-refractivity contribution is 1.18. The van der Waals surface area contributed by atoms with Crippen LogP contribution in [0.5, 0.6) is 0 Å². The van der Waals surface area contributed by atoms with Gasteiger partial charge in [0.05, 0.1) is 39.4 Å². The summed E-state index contributed by atoms with van der Waals surface area (Å²) in [6.45, 7) is 0. The first-order valence-corrected chi connectivity index (χ1v) is 15.5. The number of hydrogen-bond donors (Lipinski definition) is 0. The van der Waals surface area contributed by atoms with E-state index in [9.17, 15) is 5.26 Å². The Kier molecular flexibility index (Phi) is 5.88. The highest BCUT2D eigenvalue weighted by molar-refractivity contribution is 6.10. The molecule has 0 saturated heterocycles. The third kappa shape index (κ3) is 3.98. The normalized spacial score (nSPS) is 11.5. The minimum absolute atomic E-state index is 0.631. The number of aromatic nitrogens is 2. The summed E-state index contributed by atoms with van der Waals surface area (Å²) in [5.74, 6) is 0. The van der Waals surface area contributed by atoms with E-state index < -0.39 is 0 Å². The Labute approximate surface area is 266 Å². The molecule has 0 radical (unpaired) electrons. The van der Waals surface area contributed by atoms with Gasteiger partial charge in [-0.25, -0.2) is 0 Å². The van der Waals surface area contributed by atoms with Gasteiger partial charge in [-0.2, -0.15) is 5.26 Å². The fourth-order valence-electron chi connectivity index (χ4n) is 7.13. The Morgan fingerprint density at radius 1 is 0.391 bits per heavy atom. The van der Waals surface area contributed by atoms with Gasteiger partial charge in [-0.05, 0) is 77.4 Å². The van der Waals surface area contributed by atoms with Gasteiger partial charge in [0.2, 0.25) is 0 Å². The predicted octanol–water partition coefficient (Wildman–Crippen LogP) is 11.1. The topological polar surface area (TPSA) is 33.6 Å². The maximum absolute atomic E-state index is 10.2. The summed E-state index contributed by atoms with van der Waals surface area (Å²) >= 11 is 0. The number of hydrogen-bond acceptors (Lipinski definition) is 1. The van der Waals surface area contributed by atoms with E-state index in [4.69, 9.17) is 0 Å². The average Bonchev–Trinajstić information content (AvgIpc) is 3.64. The van der Waals surface area contributed by atoms with Gasteiger partial charge in [0.1, 0.15) is 0 Å². The highest BCUT2D eigenvalue weighted by Crippen LogP contribution is 2.38. The van der Waals surface area contributed by atoms with Gasteiger partial charge in [-0.15, -0.1) is 0 Å². The van der Waals surface area contributed by atoms with E-state index in [-0.39, 0.29) is 0 Å². The summed E-state index contributed by atoms with van der Waals surface area (Å²) < 4.78 is 4.68. The molecule has 214 valence electrons. The van der Waals surface area contributed by atoms with Gasteiger partial charge in [0.15, 0.2) is 0 Å². The number of para-hydroxylation sites is 5. The van der Waals surface area contributed by atoms with Gasteiger partial charge < -0.3 is 9.13 Å². The number of benzene rings is 7. The second kappa shape index (κ2) is 10.4. The van der Waals surface area contributed by atoms with Crippen LogP contribution in [-0.2, 0) is 0 Å². The molecule has 0 aliphatic carbocycles. The van der Waals surface area contributed by atoms with Crippen LogP contribution in [0.3, 0.4) is 0 Å². The second-order valence-electron chi connectivity index (χ2n) is 11.7. The summed E-state index contributed by atoms with van der Waals surface area (Å²) in [5.41, 5.74) is 11.6. The van der Waals surface area contributed by atoms with E-state index >= 15 is 0 Å². The van der Waals surface area contributed by atoms with Crippen LogP contribution < -0.4 is 0 Å². The van der Waals surface area contributed by atoms with Crippen molar-refractivity contribution in [2.45, 2.75) is 0 Å². The van der Waals surface area contributed by atoms with Crippen molar-refractivity contribution >= 4 is 43.6 Å². The van der Waals surface area contributed by atoms with Gasteiger partial charge in [-0.1, -0.05) is 103 Å². The van der Waals surface area contributed by atoms with Crippen molar-refractivity contribution in [3.8, 4) is 39.7 Å². The summed E-state index contributed by atoms with van der Waals surface area (Å²) in [7, 11) is 0. The third-order valence-electron chi connectivity index (χ3n) is 9.12. The molecule has 0 amide bonds. The van der Waals surface area contributed by atoms with Crippen molar-refractivity contribution < 1.29 is 0 Å². The molecule has 0 aliphatic rings. The van der Waals surface area contributed by atoms with Crippen LogP contribution in [0.2, 0.25) is 0 Å². The summed E-state index contributed by atoms with van der Waals surface area (Å²) in [6.07, 6.45) is 0. The lowest BCUT2D eigenvalue weighted by Crippen LogP contribution is -1.97. The van der Waals surface area contributed by atoms with E-state index in [1.165, 1.54) is 32.6 Å². The lowest BCUT2D eigenvalue weighted by atomic mass is 9.95. The Bertz CT molecular complexity index is 2560. The van der Waals surface area contributed by atoms with Gasteiger partial charge in [-0.3, -0.25) is 0 Å². The maximum atomic E-state index is 10.2. The Balaban J connectivity index is 1.24. The molecule has 0 aliphatic heterocycles. The number of nitrogens with zero attached hydrogens (tertiary/aromatic N) is 3. The Hall–Kier alpha value is -6.37. The van der Waals surface area contributed by atoms with E-state index in [2.05, 4.69) is 167 Å². The molecule has 0 saturated carbocycles. The smallest absolute Gasteiger partial charge is 0.0992 e. The van der Waals surface area contributed by atoms with Crippen molar-refractivity contribution in [2.75, 3.05) is 0 Å². The minimum atomic E-state index is 0.631. The first-order valence-electron chi connectivity index (χ1n) is 15.5. The van der Waals surface area contributed by atoms with Crippen molar-refractivity contribution in [1.29, 1.82) is 5.26 Å². The van der Waals surface area contributed by atoms with E-state index in [0.717, 1.165) is 44.7 Å². The average molecular weight is 586 g/mol. The van der Waals surface area contributed by atoms with Gasteiger partial charge >= 0.3 is 0 Å². The van der Waals surface area contributed by atoms with Crippen LogP contribution >= 0.6 is 0 Å². The molecule has 0 bridgehead atoms. The summed E-state index contributed by atoms with van der Waals surface area (Å²) in [4.78, 5) is 0. The van der Waals surface area contributed by atoms with Crippen molar-refractivity contribution in [2.24, 2.45) is 0 Å². The number of nitriles is 1. The van der Waals surface area contributed by atoms with Crippen LogP contribution in [0.1, 0.15) is 5.56 Å². The van der Waals surface area contributed by atoms with E-state index in [1.807, 2.05) is 12.1 Å². The van der Waals surface area contributed by atoms with Crippen molar-refractivity contribution in [1.82, 2.24) is 9.13 Å². The molecule has 9 rings (SSSR count). The SMILES string of the molecule is N#Cc1cc(-c2cccc(-n3c4ccccc4c4ccccc43)c2)cc(-c2ccccc2-n2c3ccccc3c3ccccc32)c1. The molecule has 9 aromatic rings. The van der Waals surface area contributed by atoms with E-state index in [1.54, 1.807) is 0 Å². The Morgan fingerprint density at radius 2 is 0.891 bits per heavy atom. The zero-order valence-electron chi connectivity index (χ0n) is 24.9. The monoisotopic (exact) mass is 585 g/mol. The van der Waals surface area contributed by atoms with Gasteiger partial charge in [0.25, 0.3) is 0 Å². The van der Waals surface area contributed by atoms with E-state index in [0.29, 0.717) is 5.56 Å². The lowest BCUT2D eigenvalue weighted by Gasteiger charge is -2.16. The zero-order chi connectivity index (χ0) is 30.6. The molecule has 2 heterocycles. The highest BCUT2D eigenvalue weighted by Gasteiger charge is 2.17. The standard InChI is InChI=1S/C43H27N3/c44-28-29-24-31(30-12-11-13-33(27-30)45-40-20-7-2-15-35(40)36-16-3-8-21-41(36)45)26-32(25-29)34-14-1-6-19-39(34)46-42-22-9-4-17-37(42)38-18-5-10-23-43(38)46/h1-27H. The number of rotatable bonds is 4. The molecule has 3 heteroatoms. The van der Waals surface area contributed by atoms with Crippen molar-refractivity contribution in [3.63, 3.8) is 0 Å². The molecule has 0 unspecified atom stereocenters. The maximum Gasteiger partial charge on any atom is 0.0992 e. The predicted molar refractivity (Wildman–Crippen MR) is 191 cm³/mol. The van der Waals surface area contributed by atoms with Crippen LogP contribution in [0.15, 0.2) is 164 Å². The molecule has 2 aromatic heterocycles. The van der Waals surface area contributed by atoms with Crippen LogP contribution in [0, 0.1) is 11.3 Å². The molecule has 7 aromatic carbocycles.